The summed E-state index contributed by atoms with van der Waals surface area (Å²) in [4.78, 5) is 0. The minimum absolute atomic E-state index is 0.559. The number of rotatable bonds is 16. The Balaban J connectivity index is 2.26. The number of benzene rings is 1. The van der Waals surface area contributed by atoms with Crippen LogP contribution in [-0.4, -0.2) is 15.2 Å². The molecule has 5 heteroatoms. The lowest BCUT2D eigenvalue weighted by Crippen LogP contribution is -2.44. The molecular formula is C22H38Cl2O2Si. The number of hydrogen-bond acceptors (Lipinski definition) is 2. The minimum atomic E-state index is -2.25. The van der Waals surface area contributed by atoms with Gasteiger partial charge >= 0.3 is 8.56 Å². The molecule has 1 aromatic rings. The van der Waals surface area contributed by atoms with Gasteiger partial charge in [-0.2, -0.15) is 0 Å². The Bertz CT molecular complexity index is 507. The largest absolute Gasteiger partial charge is 0.519 e. The summed E-state index contributed by atoms with van der Waals surface area (Å²) in [5, 5.41) is 1.18. The van der Waals surface area contributed by atoms with Crippen LogP contribution in [0.5, 0.6) is 5.75 Å². The van der Waals surface area contributed by atoms with E-state index in [-0.39, 0.29) is 0 Å². The predicted octanol–water partition coefficient (Wildman–Crippen LogP) is 8.79. The van der Waals surface area contributed by atoms with E-state index in [1.807, 2.05) is 12.1 Å². The highest BCUT2D eigenvalue weighted by molar-refractivity contribution is 6.68. The van der Waals surface area contributed by atoms with Crippen molar-refractivity contribution in [3.8, 4) is 5.75 Å². The van der Waals surface area contributed by atoms with E-state index >= 15 is 0 Å². The van der Waals surface area contributed by atoms with Crippen LogP contribution < -0.4 is 4.43 Å². The van der Waals surface area contributed by atoms with Crippen molar-refractivity contribution in [1.29, 1.82) is 0 Å². The second-order valence-electron chi connectivity index (χ2n) is 7.33. The van der Waals surface area contributed by atoms with E-state index in [1.54, 1.807) is 6.07 Å². The van der Waals surface area contributed by atoms with Gasteiger partial charge in [0.15, 0.2) is 0 Å². The lowest BCUT2D eigenvalue weighted by atomic mass is 10.1. The monoisotopic (exact) mass is 432 g/mol. The standard InChI is InChI=1S/C22H38Cl2O2Si/c1-4-7-8-9-10-11-12-13-14-15-18-25-27(5-2,6-3)26-22-17-16-20(23)19-21(22)24/h16-17,19H,4-15,18H2,1-3H3. The average Bonchev–Trinajstić information content (AvgIpc) is 2.67. The maximum absolute atomic E-state index is 6.31. The maximum Gasteiger partial charge on any atom is 0.398 e. The molecule has 0 aliphatic carbocycles. The van der Waals surface area contributed by atoms with Gasteiger partial charge in [-0.05, 0) is 36.7 Å². The summed E-state index contributed by atoms with van der Waals surface area (Å²) in [5.41, 5.74) is 0. The van der Waals surface area contributed by atoms with Crippen molar-refractivity contribution in [2.24, 2.45) is 0 Å². The van der Waals surface area contributed by atoms with E-state index in [0.29, 0.717) is 15.8 Å². The van der Waals surface area contributed by atoms with Gasteiger partial charge < -0.3 is 8.85 Å². The Labute approximate surface area is 178 Å². The molecule has 0 N–H and O–H groups in total. The molecule has 0 fully saturated rings. The molecular weight excluding hydrogens is 395 g/mol. The molecule has 0 spiro atoms. The smallest absolute Gasteiger partial charge is 0.398 e. The molecule has 0 saturated heterocycles. The Hall–Kier alpha value is -0.223. The first-order valence-electron chi connectivity index (χ1n) is 10.8. The lowest BCUT2D eigenvalue weighted by molar-refractivity contribution is 0.230. The van der Waals surface area contributed by atoms with Gasteiger partial charge in [-0.1, -0.05) is 102 Å². The fourth-order valence-corrected chi connectivity index (χ4v) is 6.10. The van der Waals surface area contributed by atoms with Crippen molar-refractivity contribution in [2.45, 2.75) is 97.1 Å². The van der Waals surface area contributed by atoms with Crippen molar-refractivity contribution in [1.82, 2.24) is 0 Å². The Morgan fingerprint density at radius 1 is 0.778 bits per heavy atom. The van der Waals surface area contributed by atoms with Gasteiger partial charge in [0.25, 0.3) is 0 Å². The summed E-state index contributed by atoms with van der Waals surface area (Å²) in [6, 6.07) is 7.22. The first-order chi connectivity index (χ1) is 13.1. The van der Waals surface area contributed by atoms with Crippen LogP contribution >= 0.6 is 23.2 Å². The topological polar surface area (TPSA) is 18.5 Å². The highest BCUT2D eigenvalue weighted by Gasteiger charge is 2.36. The predicted molar refractivity (Wildman–Crippen MR) is 122 cm³/mol. The third-order valence-electron chi connectivity index (χ3n) is 5.13. The van der Waals surface area contributed by atoms with Crippen molar-refractivity contribution in [3.63, 3.8) is 0 Å². The van der Waals surface area contributed by atoms with Crippen LogP contribution in [0.2, 0.25) is 22.1 Å². The number of unbranched alkanes of at least 4 members (excludes halogenated alkanes) is 9. The average molecular weight is 434 g/mol. The molecule has 0 aliphatic rings. The van der Waals surface area contributed by atoms with Crippen molar-refractivity contribution >= 4 is 31.8 Å². The van der Waals surface area contributed by atoms with Crippen LogP contribution in [0.25, 0.3) is 0 Å². The third kappa shape index (κ3) is 10.2. The van der Waals surface area contributed by atoms with Gasteiger partial charge in [-0.3, -0.25) is 0 Å². The number of hydrogen-bond donors (Lipinski definition) is 0. The zero-order chi connectivity index (χ0) is 20.0. The van der Waals surface area contributed by atoms with Crippen LogP contribution in [-0.2, 0) is 4.43 Å². The van der Waals surface area contributed by atoms with Gasteiger partial charge in [0, 0.05) is 11.6 Å². The van der Waals surface area contributed by atoms with E-state index < -0.39 is 8.56 Å². The third-order valence-corrected chi connectivity index (χ3v) is 9.14. The molecule has 0 radical (unpaired) electrons. The van der Waals surface area contributed by atoms with E-state index in [9.17, 15) is 0 Å². The highest BCUT2D eigenvalue weighted by Crippen LogP contribution is 2.32. The first kappa shape index (κ1) is 24.8. The lowest BCUT2D eigenvalue weighted by Gasteiger charge is -2.30. The van der Waals surface area contributed by atoms with Gasteiger partial charge in [-0.15, -0.1) is 0 Å². The summed E-state index contributed by atoms with van der Waals surface area (Å²) in [5.74, 6) is 0.694. The zero-order valence-electron chi connectivity index (χ0n) is 17.5. The summed E-state index contributed by atoms with van der Waals surface area (Å²) < 4.78 is 12.6. The molecule has 0 aromatic heterocycles. The van der Waals surface area contributed by atoms with Gasteiger partial charge in [0.2, 0.25) is 0 Å². The Kier molecular flexibility index (Phi) is 13.5. The van der Waals surface area contributed by atoms with E-state index in [2.05, 4.69) is 20.8 Å². The van der Waals surface area contributed by atoms with Crippen molar-refractivity contribution < 1.29 is 8.85 Å². The van der Waals surface area contributed by atoms with Crippen LogP contribution in [0.1, 0.15) is 85.0 Å². The molecule has 0 saturated carbocycles. The number of halogens is 2. The first-order valence-corrected chi connectivity index (χ1v) is 13.8. The van der Waals surface area contributed by atoms with Crippen LogP contribution in [0.4, 0.5) is 0 Å². The van der Waals surface area contributed by atoms with Crippen LogP contribution in [0.15, 0.2) is 18.2 Å². The summed E-state index contributed by atoms with van der Waals surface area (Å²) in [6.45, 7) is 7.36. The molecule has 2 nitrogen and oxygen atoms in total. The highest BCUT2D eigenvalue weighted by atomic mass is 35.5. The normalized spacial score (nSPS) is 11.7. The van der Waals surface area contributed by atoms with Gasteiger partial charge in [0.05, 0.1) is 5.02 Å². The summed E-state index contributed by atoms with van der Waals surface area (Å²) in [7, 11) is -2.25. The molecule has 27 heavy (non-hydrogen) atoms. The molecule has 0 heterocycles. The Morgan fingerprint density at radius 3 is 1.85 bits per heavy atom. The molecule has 0 atom stereocenters. The van der Waals surface area contributed by atoms with Gasteiger partial charge in [0.1, 0.15) is 5.75 Å². The molecule has 1 aromatic carbocycles. The van der Waals surface area contributed by atoms with Crippen molar-refractivity contribution in [2.75, 3.05) is 6.61 Å². The Morgan fingerprint density at radius 2 is 1.33 bits per heavy atom. The molecule has 0 unspecified atom stereocenters. The SMILES string of the molecule is CCCCCCCCCCCCO[Si](CC)(CC)Oc1ccc(Cl)cc1Cl. The maximum atomic E-state index is 6.31. The molecule has 0 aliphatic heterocycles. The van der Waals surface area contributed by atoms with E-state index in [4.69, 9.17) is 32.1 Å². The summed E-state index contributed by atoms with van der Waals surface area (Å²) in [6.07, 6.45) is 13.3. The van der Waals surface area contributed by atoms with E-state index in [0.717, 1.165) is 25.1 Å². The molecule has 0 amide bonds. The van der Waals surface area contributed by atoms with E-state index in [1.165, 1.54) is 57.8 Å². The zero-order valence-corrected chi connectivity index (χ0v) is 20.0. The molecule has 156 valence electrons. The second kappa shape index (κ2) is 14.7. The van der Waals surface area contributed by atoms with Crippen molar-refractivity contribution in [3.05, 3.63) is 28.2 Å². The fraction of sp³-hybridized carbons (Fsp3) is 0.727. The minimum Gasteiger partial charge on any atom is -0.519 e. The second-order valence-corrected chi connectivity index (χ2v) is 11.9. The summed E-state index contributed by atoms with van der Waals surface area (Å²) >= 11 is 12.3. The quantitative estimate of drug-likeness (QED) is 0.192. The molecule has 1 rings (SSSR count). The fourth-order valence-electron chi connectivity index (χ4n) is 3.23. The van der Waals surface area contributed by atoms with Crippen LogP contribution in [0.3, 0.4) is 0 Å². The van der Waals surface area contributed by atoms with Crippen LogP contribution in [0, 0.1) is 0 Å². The molecule has 0 bridgehead atoms. The van der Waals surface area contributed by atoms with Gasteiger partial charge in [-0.25, -0.2) is 0 Å².